The Morgan fingerprint density at radius 2 is 1.81 bits per heavy atom. The zero-order chi connectivity index (χ0) is 14.5. The van der Waals surface area contributed by atoms with Gasteiger partial charge in [-0.3, -0.25) is 0 Å². The van der Waals surface area contributed by atoms with Crippen LogP contribution in [0.1, 0.15) is 36.8 Å². The van der Waals surface area contributed by atoms with E-state index in [9.17, 15) is 0 Å². The lowest BCUT2D eigenvalue weighted by Crippen LogP contribution is -2.15. The molecule has 1 atom stereocenters. The summed E-state index contributed by atoms with van der Waals surface area (Å²) in [5.41, 5.74) is 2.08. The van der Waals surface area contributed by atoms with Crippen molar-refractivity contribution in [1.82, 2.24) is 0 Å². The first kappa shape index (κ1) is 14.0. The number of hydrogen-bond acceptors (Lipinski definition) is 3. The third-order valence-electron chi connectivity index (χ3n) is 3.51. The molecule has 3 nitrogen and oxygen atoms in total. The van der Waals surface area contributed by atoms with E-state index < -0.39 is 0 Å². The van der Waals surface area contributed by atoms with Gasteiger partial charge in [0.15, 0.2) is 5.75 Å². The third kappa shape index (κ3) is 3.03. The molecule has 1 heterocycles. The molecule has 2 aromatic carbocycles. The average molecular weight is 282 g/mol. The lowest BCUT2D eigenvalue weighted by atomic mass is 9.90. The number of benzene rings is 2. The fraction of sp³-hybridized carbons (Fsp3) is 0.278. The molecular weight excluding hydrogens is 264 g/mol. The molecular formula is C18H18O3. The molecule has 3 rings (SSSR count). The lowest BCUT2D eigenvalue weighted by molar-refractivity contribution is -0.186. The van der Waals surface area contributed by atoms with Crippen molar-refractivity contribution in [3.05, 3.63) is 66.3 Å². The van der Waals surface area contributed by atoms with Crippen LogP contribution in [0.5, 0.6) is 11.5 Å². The van der Waals surface area contributed by atoms with Gasteiger partial charge in [0.25, 0.3) is 0 Å². The Hall–Kier alpha value is -2.00. The zero-order valence-electron chi connectivity index (χ0n) is 12.0. The molecule has 0 N–H and O–H groups in total. The topological polar surface area (TPSA) is 27.7 Å². The zero-order valence-corrected chi connectivity index (χ0v) is 12.0. The molecule has 2 aromatic rings. The second-order valence-corrected chi connectivity index (χ2v) is 5.00. The Balaban J connectivity index is 1.91. The van der Waals surface area contributed by atoms with Crippen molar-refractivity contribution in [2.24, 2.45) is 0 Å². The summed E-state index contributed by atoms with van der Waals surface area (Å²) in [4.78, 5) is 10.2. The quantitative estimate of drug-likeness (QED) is 0.602. The van der Waals surface area contributed by atoms with Crippen molar-refractivity contribution in [1.29, 1.82) is 0 Å². The molecule has 1 unspecified atom stereocenters. The van der Waals surface area contributed by atoms with Gasteiger partial charge in [0, 0.05) is 11.1 Å². The van der Waals surface area contributed by atoms with Gasteiger partial charge in [0.1, 0.15) is 5.75 Å². The highest BCUT2D eigenvalue weighted by Gasteiger charge is 2.27. The van der Waals surface area contributed by atoms with Crippen LogP contribution in [-0.4, -0.2) is 6.61 Å². The van der Waals surface area contributed by atoms with Crippen molar-refractivity contribution in [3.8, 4) is 11.5 Å². The largest absolute Gasteiger partial charge is 0.493 e. The Bertz CT molecular complexity index is 595. The summed E-state index contributed by atoms with van der Waals surface area (Å²) in [6.07, 6.45) is 2.16. The monoisotopic (exact) mass is 282 g/mol. The van der Waals surface area contributed by atoms with Gasteiger partial charge in [0.05, 0.1) is 12.5 Å². The fourth-order valence-corrected chi connectivity index (χ4v) is 2.38. The Labute approximate surface area is 125 Å². The minimum atomic E-state index is -0.104. The van der Waals surface area contributed by atoms with Crippen molar-refractivity contribution in [2.45, 2.75) is 25.7 Å². The van der Waals surface area contributed by atoms with Crippen LogP contribution in [0.15, 0.2) is 48.5 Å². The first-order valence-corrected chi connectivity index (χ1v) is 7.30. The average Bonchev–Trinajstić information content (AvgIpc) is 2.55. The van der Waals surface area contributed by atoms with E-state index in [-0.39, 0.29) is 5.92 Å². The standard InChI is InChI=1S/C18H18O3/c1-2-3-12-19-17-10-6-4-8-14(17)16-13-20-21-18-11-7-5-9-15(16)18/h4-11,16H,2-3,12H2,1H3. The first-order valence-electron chi connectivity index (χ1n) is 7.30. The Morgan fingerprint density at radius 3 is 2.67 bits per heavy atom. The van der Waals surface area contributed by atoms with Crippen LogP contribution >= 0.6 is 0 Å². The van der Waals surface area contributed by atoms with Crippen LogP contribution in [0.2, 0.25) is 0 Å². The summed E-state index contributed by atoms with van der Waals surface area (Å²) < 4.78 is 5.91. The summed E-state index contributed by atoms with van der Waals surface area (Å²) in [5.74, 6) is 1.50. The van der Waals surface area contributed by atoms with Crippen molar-refractivity contribution in [3.63, 3.8) is 0 Å². The molecule has 0 amide bonds. The normalized spacial score (nSPS) is 16.9. The second-order valence-electron chi connectivity index (χ2n) is 5.00. The number of fused-ring (bicyclic) bond motifs is 1. The van der Waals surface area contributed by atoms with E-state index in [0.29, 0.717) is 0 Å². The number of hydrogen-bond donors (Lipinski definition) is 0. The minimum absolute atomic E-state index is 0.104. The van der Waals surface area contributed by atoms with Crippen LogP contribution in [0.3, 0.4) is 0 Å². The number of ether oxygens (including phenoxy) is 1. The van der Waals surface area contributed by atoms with Crippen molar-refractivity contribution < 1.29 is 14.5 Å². The molecule has 1 aliphatic rings. The summed E-state index contributed by atoms with van der Waals surface area (Å²) in [5, 5.41) is 0. The van der Waals surface area contributed by atoms with E-state index in [1.54, 1.807) is 0 Å². The van der Waals surface area contributed by atoms with Gasteiger partial charge in [-0.05, 0) is 18.6 Å². The second kappa shape index (κ2) is 6.64. The smallest absolute Gasteiger partial charge is 0.200 e. The van der Waals surface area contributed by atoms with Crippen LogP contribution < -0.4 is 9.62 Å². The van der Waals surface area contributed by atoms with Crippen LogP contribution in [0.4, 0.5) is 0 Å². The Kier molecular flexibility index (Phi) is 4.41. The van der Waals surface area contributed by atoms with Gasteiger partial charge in [-0.15, -0.1) is 0 Å². The molecule has 108 valence electrons. The third-order valence-corrected chi connectivity index (χ3v) is 3.51. The molecule has 0 saturated carbocycles. The van der Waals surface area contributed by atoms with E-state index in [2.05, 4.69) is 13.5 Å². The van der Waals surface area contributed by atoms with E-state index in [4.69, 9.17) is 14.5 Å². The summed E-state index contributed by atoms with van der Waals surface area (Å²) in [7, 11) is 0. The first-order chi connectivity index (χ1) is 10.4. The maximum Gasteiger partial charge on any atom is 0.200 e. The van der Waals surface area contributed by atoms with E-state index >= 15 is 0 Å². The summed E-state index contributed by atoms with van der Waals surface area (Å²) in [6, 6.07) is 15.9. The molecule has 3 heteroatoms. The predicted octanol–water partition coefficient (Wildman–Crippen LogP) is 4.36. The molecule has 2 radical (unpaired) electrons. The van der Waals surface area contributed by atoms with Gasteiger partial charge in [0.2, 0.25) is 6.61 Å². The fourth-order valence-electron chi connectivity index (χ4n) is 2.38. The molecule has 0 spiro atoms. The molecule has 21 heavy (non-hydrogen) atoms. The van der Waals surface area contributed by atoms with Crippen LogP contribution in [-0.2, 0) is 4.89 Å². The van der Waals surface area contributed by atoms with E-state index in [1.807, 2.05) is 48.5 Å². The number of para-hydroxylation sites is 2. The van der Waals surface area contributed by atoms with Gasteiger partial charge < -0.3 is 9.62 Å². The van der Waals surface area contributed by atoms with Crippen molar-refractivity contribution >= 4 is 0 Å². The van der Waals surface area contributed by atoms with Gasteiger partial charge >= 0.3 is 0 Å². The van der Waals surface area contributed by atoms with E-state index in [0.717, 1.165) is 42.1 Å². The lowest BCUT2D eigenvalue weighted by Gasteiger charge is -2.25. The van der Waals surface area contributed by atoms with Crippen molar-refractivity contribution in [2.75, 3.05) is 6.61 Å². The highest BCUT2D eigenvalue weighted by atomic mass is 17.2. The summed E-state index contributed by atoms with van der Waals surface area (Å²) >= 11 is 0. The maximum atomic E-state index is 5.91. The SMILES string of the molecule is CCCCOc1ccccc1C1[C]OOc2ccccc21. The number of unbranched alkanes of at least 4 members (excludes halogenated alkanes) is 1. The molecule has 0 fully saturated rings. The van der Waals surface area contributed by atoms with Crippen LogP contribution in [0.25, 0.3) is 0 Å². The van der Waals surface area contributed by atoms with Crippen LogP contribution in [0, 0.1) is 6.61 Å². The molecule has 0 bridgehead atoms. The number of rotatable bonds is 5. The summed E-state index contributed by atoms with van der Waals surface area (Å²) in [6.45, 7) is 5.79. The maximum absolute atomic E-state index is 5.91. The molecule has 1 aliphatic heterocycles. The predicted molar refractivity (Wildman–Crippen MR) is 80.1 cm³/mol. The molecule has 0 aliphatic carbocycles. The van der Waals surface area contributed by atoms with Gasteiger partial charge in [-0.2, -0.15) is 4.89 Å². The van der Waals surface area contributed by atoms with Gasteiger partial charge in [-0.25, -0.2) is 0 Å². The van der Waals surface area contributed by atoms with Gasteiger partial charge in [-0.1, -0.05) is 49.7 Å². The molecule has 0 aromatic heterocycles. The highest BCUT2D eigenvalue weighted by molar-refractivity contribution is 5.49. The molecule has 0 saturated heterocycles. The highest BCUT2D eigenvalue weighted by Crippen LogP contribution is 2.41. The Morgan fingerprint density at radius 1 is 1.05 bits per heavy atom. The minimum Gasteiger partial charge on any atom is -0.493 e. The van der Waals surface area contributed by atoms with E-state index in [1.165, 1.54) is 0 Å².